The number of aliphatic imine (C=N–C) groups is 1. The van der Waals surface area contributed by atoms with Gasteiger partial charge in [0, 0.05) is 36.0 Å². The molecule has 3 N–H and O–H groups in total. The number of esters is 1. The van der Waals surface area contributed by atoms with E-state index >= 15 is 0 Å². The van der Waals surface area contributed by atoms with Crippen LogP contribution in [0.3, 0.4) is 0 Å². The normalized spacial score (nSPS) is 18.7. The Bertz CT molecular complexity index is 1130. The average molecular weight is 605 g/mol. The lowest BCUT2D eigenvalue weighted by Gasteiger charge is -2.28. The number of hydrogen-bond acceptors (Lipinski definition) is 8. The van der Waals surface area contributed by atoms with Gasteiger partial charge in [-0.2, -0.15) is 0 Å². The van der Waals surface area contributed by atoms with Crippen LogP contribution < -0.4 is 15.6 Å². The van der Waals surface area contributed by atoms with Gasteiger partial charge in [0.1, 0.15) is 17.5 Å². The van der Waals surface area contributed by atoms with E-state index in [9.17, 15) is 9.59 Å². The Hall–Kier alpha value is -2.95. The molecule has 2 aromatic carbocycles. The molecule has 1 heterocycles. The number of carbonyl (C=O) groups is 2. The zero-order chi connectivity index (χ0) is 28.5. The van der Waals surface area contributed by atoms with Crippen LogP contribution in [0.4, 0.5) is 0 Å². The van der Waals surface area contributed by atoms with E-state index in [1.807, 2.05) is 24.3 Å². The van der Waals surface area contributed by atoms with Crippen molar-refractivity contribution in [3.8, 4) is 5.75 Å². The monoisotopic (exact) mass is 603 g/mol. The van der Waals surface area contributed by atoms with Crippen molar-refractivity contribution >= 4 is 33.7 Å². The van der Waals surface area contributed by atoms with Crippen LogP contribution in [0.1, 0.15) is 58.1 Å². The largest absolute Gasteiger partial charge is 0.494 e. The third-order valence-electron chi connectivity index (χ3n) is 6.11. The van der Waals surface area contributed by atoms with Crippen molar-refractivity contribution in [2.24, 2.45) is 4.99 Å². The number of nitrogens with zero attached hydrogens (tertiary/aromatic N) is 1. The molecule has 9 nitrogen and oxygen atoms in total. The molecule has 0 unspecified atom stereocenters. The highest BCUT2D eigenvalue weighted by atomic mass is 79.9. The van der Waals surface area contributed by atoms with E-state index in [2.05, 4.69) is 26.8 Å². The first kappa shape index (κ1) is 30.6. The van der Waals surface area contributed by atoms with Crippen LogP contribution in [0.15, 0.2) is 58.0 Å². The van der Waals surface area contributed by atoms with Gasteiger partial charge in [0.05, 0.1) is 6.61 Å². The van der Waals surface area contributed by atoms with Crippen molar-refractivity contribution in [3.63, 3.8) is 0 Å². The number of amides is 1. The van der Waals surface area contributed by atoms with E-state index < -0.39 is 23.2 Å². The number of benzene rings is 2. The SMILES string of the molecule is C[C@@H]1OC(c2ccc(OCCCO)cc2)=N[C@]1(CCC(=O)OC(C)(C)C)C(=O)NNCCc1ccc(Br)cc1. The van der Waals surface area contributed by atoms with E-state index in [4.69, 9.17) is 24.3 Å². The summed E-state index contributed by atoms with van der Waals surface area (Å²) in [5.41, 5.74) is 5.63. The molecule has 0 spiro atoms. The molecule has 1 amide bonds. The lowest BCUT2D eigenvalue weighted by molar-refractivity contribution is -0.155. The topological polar surface area (TPSA) is 118 Å². The summed E-state index contributed by atoms with van der Waals surface area (Å²) < 4.78 is 18.1. The Morgan fingerprint density at radius 3 is 2.46 bits per heavy atom. The van der Waals surface area contributed by atoms with Gasteiger partial charge in [-0.3, -0.25) is 15.0 Å². The molecule has 39 heavy (non-hydrogen) atoms. The zero-order valence-corrected chi connectivity index (χ0v) is 24.5. The Morgan fingerprint density at radius 2 is 1.82 bits per heavy atom. The van der Waals surface area contributed by atoms with Gasteiger partial charge in [-0.1, -0.05) is 28.1 Å². The van der Waals surface area contributed by atoms with Crippen molar-refractivity contribution in [3.05, 3.63) is 64.1 Å². The van der Waals surface area contributed by atoms with Crippen molar-refractivity contribution < 1.29 is 28.9 Å². The van der Waals surface area contributed by atoms with Crippen LogP contribution in [0.25, 0.3) is 0 Å². The number of aliphatic hydroxyl groups is 1. The van der Waals surface area contributed by atoms with Crippen LogP contribution in [0, 0.1) is 0 Å². The molecule has 0 saturated carbocycles. The Morgan fingerprint density at radius 1 is 1.13 bits per heavy atom. The fourth-order valence-corrected chi connectivity index (χ4v) is 4.31. The van der Waals surface area contributed by atoms with Gasteiger partial charge >= 0.3 is 5.97 Å². The zero-order valence-electron chi connectivity index (χ0n) is 23.0. The van der Waals surface area contributed by atoms with Gasteiger partial charge in [0.25, 0.3) is 5.91 Å². The van der Waals surface area contributed by atoms with Gasteiger partial charge in [0.2, 0.25) is 5.90 Å². The second-order valence-corrected chi connectivity index (χ2v) is 11.3. The van der Waals surface area contributed by atoms with Crippen molar-refractivity contribution in [1.29, 1.82) is 0 Å². The molecule has 0 fully saturated rings. The molecular formula is C29H38BrN3O6. The fraction of sp³-hybridized carbons (Fsp3) is 0.483. The highest BCUT2D eigenvalue weighted by Gasteiger charge is 2.50. The maximum absolute atomic E-state index is 13.5. The van der Waals surface area contributed by atoms with Gasteiger partial charge < -0.3 is 19.3 Å². The Balaban J connectivity index is 1.73. The molecule has 0 saturated heterocycles. The number of rotatable bonds is 13. The predicted molar refractivity (Wildman–Crippen MR) is 153 cm³/mol. The highest BCUT2D eigenvalue weighted by molar-refractivity contribution is 9.10. The first-order valence-electron chi connectivity index (χ1n) is 13.1. The Labute approximate surface area is 238 Å². The minimum absolute atomic E-state index is 0.00565. The van der Waals surface area contributed by atoms with E-state index in [-0.39, 0.29) is 25.4 Å². The summed E-state index contributed by atoms with van der Waals surface area (Å²) in [6.45, 7) is 8.17. The van der Waals surface area contributed by atoms with Crippen molar-refractivity contribution in [2.75, 3.05) is 19.8 Å². The molecule has 0 aromatic heterocycles. The second-order valence-electron chi connectivity index (χ2n) is 10.4. The third-order valence-corrected chi connectivity index (χ3v) is 6.64. The van der Waals surface area contributed by atoms with Crippen molar-refractivity contribution in [2.45, 2.75) is 70.6 Å². The van der Waals surface area contributed by atoms with Gasteiger partial charge in [-0.05, 0) is 82.5 Å². The number of carbonyl (C=O) groups excluding carboxylic acids is 2. The average Bonchev–Trinajstić information content (AvgIpc) is 3.23. The number of halogens is 1. The number of hydrogen-bond donors (Lipinski definition) is 3. The Kier molecular flexibility index (Phi) is 10.9. The summed E-state index contributed by atoms with van der Waals surface area (Å²) in [7, 11) is 0. The summed E-state index contributed by atoms with van der Waals surface area (Å²) >= 11 is 3.43. The molecule has 1 aliphatic rings. The lowest BCUT2D eigenvalue weighted by Crippen LogP contribution is -2.55. The quantitative estimate of drug-likeness (QED) is 0.179. The van der Waals surface area contributed by atoms with Crippen molar-refractivity contribution in [1.82, 2.24) is 10.9 Å². The summed E-state index contributed by atoms with van der Waals surface area (Å²) in [4.78, 5) is 30.8. The third kappa shape index (κ3) is 9.05. The second kappa shape index (κ2) is 13.9. The van der Waals surface area contributed by atoms with Crippen LogP contribution >= 0.6 is 15.9 Å². The minimum Gasteiger partial charge on any atom is -0.494 e. The van der Waals surface area contributed by atoms with Crippen LogP contribution in [0.5, 0.6) is 5.75 Å². The molecule has 0 radical (unpaired) electrons. The van der Waals surface area contributed by atoms with Gasteiger partial charge in [0.15, 0.2) is 5.54 Å². The fourth-order valence-electron chi connectivity index (χ4n) is 4.05. The molecule has 2 aromatic rings. The first-order valence-corrected chi connectivity index (χ1v) is 13.9. The van der Waals surface area contributed by atoms with Gasteiger partial charge in [-0.25, -0.2) is 10.4 Å². The van der Waals surface area contributed by atoms with Crippen LogP contribution in [-0.4, -0.2) is 59.9 Å². The number of ether oxygens (including phenoxy) is 3. The molecule has 3 rings (SSSR count). The number of hydrazine groups is 1. The van der Waals surface area contributed by atoms with E-state index in [0.717, 1.165) is 10.0 Å². The first-order chi connectivity index (χ1) is 18.5. The molecule has 1 aliphatic heterocycles. The number of aliphatic hydroxyl groups excluding tert-OH is 1. The van der Waals surface area contributed by atoms with Gasteiger partial charge in [-0.15, -0.1) is 0 Å². The maximum Gasteiger partial charge on any atom is 0.306 e. The molecule has 212 valence electrons. The lowest BCUT2D eigenvalue weighted by atomic mass is 9.88. The molecular weight excluding hydrogens is 566 g/mol. The van der Waals surface area contributed by atoms with E-state index in [1.165, 1.54) is 0 Å². The van der Waals surface area contributed by atoms with Crippen LogP contribution in [0.2, 0.25) is 0 Å². The predicted octanol–water partition coefficient (Wildman–Crippen LogP) is 4.10. The van der Waals surface area contributed by atoms with E-state index in [1.54, 1.807) is 52.0 Å². The smallest absolute Gasteiger partial charge is 0.306 e. The minimum atomic E-state index is -1.33. The molecule has 10 heteroatoms. The summed E-state index contributed by atoms with van der Waals surface area (Å²) in [6, 6.07) is 15.2. The summed E-state index contributed by atoms with van der Waals surface area (Å²) in [6.07, 6.45) is 0.762. The summed E-state index contributed by atoms with van der Waals surface area (Å²) in [5.74, 6) is 0.188. The molecule has 0 aliphatic carbocycles. The molecule has 2 atom stereocenters. The standard InChI is InChI=1S/C29H38BrN3O6/c1-20-29(16-14-25(35)39-28(2,3)4,27(36)33-31-17-15-21-6-10-23(30)11-7-21)32-26(38-20)22-8-12-24(13-9-22)37-19-5-18-34/h6-13,20,31,34H,5,14-19H2,1-4H3,(H,33,36)/t20-,29-/m0/s1. The highest BCUT2D eigenvalue weighted by Crippen LogP contribution is 2.34. The summed E-state index contributed by atoms with van der Waals surface area (Å²) in [5, 5.41) is 8.93. The maximum atomic E-state index is 13.5. The molecule has 0 bridgehead atoms. The number of nitrogens with one attached hydrogen (secondary N) is 2. The van der Waals surface area contributed by atoms with Crippen LogP contribution in [-0.2, 0) is 25.5 Å². The van der Waals surface area contributed by atoms with E-state index in [0.29, 0.717) is 43.2 Å².